The summed E-state index contributed by atoms with van der Waals surface area (Å²) in [4.78, 5) is 0. The molecule has 17 heavy (non-hydrogen) atoms. The Balaban J connectivity index is 4.23. The standard InChI is InChI=1S/C15H8I2/c1-3-15(17)13-11-9-7-5-4-6-8-10-12-14(2)16/h3-5H,2H2,1H3/b5-4+,15-3-. The molecule has 0 N–H and O–H groups in total. The Morgan fingerprint density at radius 2 is 1.47 bits per heavy atom. The lowest BCUT2D eigenvalue weighted by Gasteiger charge is -1.73. The fourth-order valence-corrected chi connectivity index (χ4v) is 0.771. The van der Waals surface area contributed by atoms with Crippen LogP contribution in [0.4, 0.5) is 0 Å². The van der Waals surface area contributed by atoms with Gasteiger partial charge in [-0.25, -0.2) is 0 Å². The maximum Gasteiger partial charge on any atom is 0.0596 e. The molecule has 0 aromatic rings. The average Bonchev–Trinajstić information content (AvgIpc) is 2.30. The van der Waals surface area contributed by atoms with Crippen LogP contribution in [0.5, 0.6) is 0 Å². The van der Waals surface area contributed by atoms with E-state index in [4.69, 9.17) is 0 Å². The number of hydrogen-bond acceptors (Lipinski definition) is 0. The molecule has 0 saturated carbocycles. The van der Waals surface area contributed by atoms with Crippen LogP contribution in [0.2, 0.25) is 0 Å². The van der Waals surface area contributed by atoms with E-state index in [9.17, 15) is 0 Å². The van der Waals surface area contributed by atoms with Crippen molar-refractivity contribution in [3.8, 4) is 47.4 Å². The van der Waals surface area contributed by atoms with E-state index in [1.54, 1.807) is 12.2 Å². The Bertz CT molecular complexity index is 574. The summed E-state index contributed by atoms with van der Waals surface area (Å²) in [5, 5.41) is 0. The Morgan fingerprint density at radius 1 is 0.941 bits per heavy atom. The Hall–Kier alpha value is -1.08. The van der Waals surface area contributed by atoms with Crippen LogP contribution in [0.1, 0.15) is 6.92 Å². The third-order valence-electron chi connectivity index (χ3n) is 1.15. The van der Waals surface area contributed by atoms with Crippen LogP contribution in [0, 0.1) is 47.4 Å². The van der Waals surface area contributed by atoms with Crippen molar-refractivity contribution in [1.82, 2.24) is 0 Å². The van der Waals surface area contributed by atoms with E-state index < -0.39 is 0 Å². The minimum absolute atomic E-state index is 0.773. The van der Waals surface area contributed by atoms with Crippen LogP contribution in [0.3, 0.4) is 0 Å². The minimum Gasteiger partial charge on any atom is -0.0770 e. The maximum atomic E-state index is 3.63. The van der Waals surface area contributed by atoms with Crippen LogP contribution in [0.15, 0.2) is 32.0 Å². The first-order chi connectivity index (χ1) is 8.16. The maximum absolute atomic E-state index is 3.63. The van der Waals surface area contributed by atoms with Crippen molar-refractivity contribution in [3.05, 3.63) is 32.0 Å². The summed E-state index contributed by atoms with van der Waals surface area (Å²) in [5.74, 6) is 21.9. The fourth-order valence-electron chi connectivity index (χ4n) is 0.501. The molecule has 0 aliphatic heterocycles. The molecule has 0 rings (SSSR count). The molecule has 0 aromatic heterocycles. The van der Waals surface area contributed by atoms with Gasteiger partial charge in [-0.1, -0.05) is 24.5 Å². The molecule has 0 spiro atoms. The van der Waals surface area contributed by atoms with Gasteiger partial charge in [0.05, 0.1) is 7.16 Å². The molecule has 0 nitrogen and oxygen atoms in total. The van der Waals surface area contributed by atoms with Gasteiger partial charge in [0.15, 0.2) is 0 Å². The Kier molecular flexibility index (Phi) is 10.7. The monoisotopic (exact) mass is 442 g/mol. The van der Waals surface area contributed by atoms with Crippen molar-refractivity contribution < 1.29 is 0 Å². The highest BCUT2D eigenvalue weighted by molar-refractivity contribution is 14.1. The predicted molar refractivity (Wildman–Crippen MR) is 91.2 cm³/mol. The summed E-state index contributed by atoms with van der Waals surface area (Å²) in [5.41, 5.74) is 0. The molecule has 0 bridgehead atoms. The van der Waals surface area contributed by atoms with Crippen molar-refractivity contribution in [3.63, 3.8) is 0 Å². The Labute approximate surface area is 130 Å². The summed E-state index contributed by atoms with van der Waals surface area (Å²) >= 11 is 4.19. The zero-order chi connectivity index (χ0) is 12.9. The SMILES string of the molecule is C=C(I)C#CC#C/C=C/C#CC#C/C(I)=C/C. The number of halogens is 2. The van der Waals surface area contributed by atoms with Gasteiger partial charge in [-0.3, -0.25) is 0 Å². The minimum atomic E-state index is 0.773. The molecular weight excluding hydrogens is 434 g/mol. The first-order valence-electron chi connectivity index (χ1n) is 4.51. The van der Waals surface area contributed by atoms with Gasteiger partial charge in [-0.15, -0.1) is 0 Å². The second-order valence-electron chi connectivity index (χ2n) is 2.41. The molecule has 0 amide bonds. The lowest BCUT2D eigenvalue weighted by Crippen LogP contribution is -1.59. The van der Waals surface area contributed by atoms with Gasteiger partial charge in [-0.2, -0.15) is 0 Å². The smallest absolute Gasteiger partial charge is 0.0596 e. The van der Waals surface area contributed by atoms with Gasteiger partial charge >= 0.3 is 0 Å². The molecule has 0 heterocycles. The molecule has 0 radical (unpaired) electrons. The quantitative estimate of drug-likeness (QED) is 0.395. The lowest BCUT2D eigenvalue weighted by atomic mass is 10.4. The average molecular weight is 442 g/mol. The van der Waals surface area contributed by atoms with E-state index in [-0.39, 0.29) is 0 Å². The number of rotatable bonds is 0. The molecule has 0 unspecified atom stereocenters. The topological polar surface area (TPSA) is 0 Å². The van der Waals surface area contributed by atoms with Gasteiger partial charge in [-0.05, 0) is 99.8 Å². The third kappa shape index (κ3) is 12.9. The summed E-state index contributed by atoms with van der Waals surface area (Å²) < 4.78 is 1.75. The van der Waals surface area contributed by atoms with Gasteiger partial charge in [0, 0.05) is 0 Å². The highest BCUT2D eigenvalue weighted by atomic mass is 127. The normalized spacial score (nSPS) is 8.53. The molecular formula is C15H8I2. The summed E-state index contributed by atoms with van der Waals surface area (Å²) in [6.07, 6.45) is 5.21. The van der Waals surface area contributed by atoms with Crippen LogP contribution in [-0.4, -0.2) is 0 Å². The van der Waals surface area contributed by atoms with Crippen molar-refractivity contribution >= 4 is 45.2 Å². The highest BCUT2D eigenvalue weighted by Gasteiger charge is 1.73. The van der Waals surface area contributed by atoms with E-state index >= 15 is 0 Å². The molecule has 0 aliphatic rings. The predicted octanol–water partition coefficient (Wildman–Crippen LogP) is 3.84. The molecule has 0 aliphatic carbocycles. The van der Waals surface area contributed by atoms with Crippen molar-refractivity contribution in [1.29, 1.82) is 0 Å². The molecule has 0 fully saturated rings. The lowest BCUT2D eigenvalue weighted by molar-refractivity contribution is 1.75. The van der Waals surface area contributed by atoms with E-state index in [2.05, 4.69) is 76.5 Å². The summed E-state index contributed by atoms with van der Waals surface area (Å²) in [6.45, 7) is 5.56. The molecule has 0 saturated heterocycles. The summed E-state index contributed by atoms with van der Waals surface area (Å²) in [7, 11) is 0. The van der Waals surface area contributed by atoms with E-state index in [1.807, 2.05) is 35.6 Å². The van der Waals surface area contributed by atoms with E-state index in [0.29, 0.717) is 0 Å². The highest BCUT2D eigenvalue weighted by Crippen LogP contribution is 2.00. The third-order valence-corrected chi connectivity index (χ3v) is 2.32. The van der Waals surface area contributed by atoms with Crippen LogP contribution in [0.25, 0.3) is 0 Å². The van der Waals surface area contributed by atoms with Gasteiger partial charge in [0.2, 0.25) is 0 Å². The van der Waals surface area contributed by atoms with Crippen molar-refractivity contribution in [2.75, 3.05) is 0 Å². The van der Waals surface area contributed by atoms with Crippen LogP contribution < -0.4 is 0 Å². The van der Waals surface area contributed by atoms with Gasteiger partial charge in [0.1, 0.15) is 0 Å². The number of hydrogen-bond donors (Lipinski definition) is 0. The molecule has 82 valence electrons. The fraction of sp³-hybridized carbons (Fsp3) is 0.0667. The second-order valence-corrected chi connectivity index (χ2v) is 4.88. The Morgan fingerprint density at radius 3 is 1.94 bits per heavy atom. The first-order valence-corrected chi connectivity index (χ1v) is 6.67. The summed E-state index contributed by atoms with van der Waals surface area (Å²) in [6, 6.07) is 0. The zero-order valence-corrected chi connectivity index (χ0v) is 13.5. The first kappa shape index (κ1) is 15.9. The van der Waals surface area contributed by atoms with Crippen LogP contribution >= 0.6 is 45.2 Å². The molecule has 0 aromatic carbocycles. The zero-order valence-electron chi connectivity index (χ0n) is 9.20. The van der Waals surface area contributed by atoms with Crippen molar-refractivity contribution in [2.45, 2.75) is 6.92 Å². The van der Waals surface area contributed by atoms with E-state index in [0.717, 1.165) is 7.16 Å². The number of allylic oxidation sites excluding steroid dienone is 5. The van der Waals surface area contributed by atoms with Crippen molar-refractivity contribution in [2.24, 2.45) is 0 Å². The van der Waals surface area contributed by atoms with Crippen LogP contribution in [-0.2, 0) is 0 Å². The van der Waals surface area contributed by atoms with Gasteiger partial charge < -0.3 is 0 Å². The molecule has 0 atom stereocenters. The van der Waals surface area contributed by atoms with E-state index in [1.165, 1.54) is 0 Å². The van der Waals surface area contributed by atoms with Gasteiger partial charge in [0.25, 0.3) is 0 Å². The largest absolute Gasteiger partial charge is 0.0770 e. The molecule has 2 heteroatoms. The second kappa shape index (κ2) is 11.4.